The smallest absolute Gasteiger partial charge is 0.366 e. The van der Waals surface area contributed by atoms with Gasteiger partial charge in [-0.05, 0) is 25.0 Å². The Balaban J connectivity index is 2.02. The van der Waals surface area contributed by atoms with Crippen LogP contribution in [0.4, 0.5) is 19.0 Å². The van der Waals surface area contributed by atoms with Crippen LogP contribution in [0.15, 0.2) is 18.3 Å². The fraction of sp³-hybridized carbons (Fsp3) is 0.615. The lowest BCUT2D eigenvalue weighted by molar-refractivity contribution is -0.137. The van der Waals surface area contributed by atoms with Gasteiger partial charge in [0.25, 0.3) is 0 Å². The second-order valence-corrected chi connectivity index (χ2v) is 5.40. The Morgan fingerprint density at radius 3 is 2.53 bits per heavy atom. The Labute approximate surface area is 115 Å². The molecule has 2 nitrogen and oxygen atoms in total. The molecule has 1 saturated carbocycles. The third-order valence-corrected chi connectivity index (χ3v) is 3.88. The number of nitrogens with one attached hydrogen (secondary N) is 1. The fourth-order valence-electron chi connectivity index (χ4n) is 2.26. The molecule has 0 saturated heterocycles. The van der Waals surface area contributed by atoms with E-state index in [-0.39, 0.29) is 11.4 Å². The van der Waals surface area contributed by atoms with E-state index < -0.39 is 11.7 Å². The predicted molar refractivity (Wildman–Crippen MR) is 69.4 cm³/mol. The van der Waals surface area contributed by atoms with Gasteiger partial charge in [0, 0.05) is 12.2 Å². The number of alkyl halides is 4. The Hall–Kier alpha value is -0.970. The first-order valence-electron chi connectivity index (χ1n) is 6.40. The highest BCUT2D eigenvalue weighted by Crippen LogP contribution is 2.29. The molecule has 1 aliphatic carbocycles. The minimum absolute atomic E-state index is 0.00610. The van der Waals surface area contributed by atoms with Crippen molar-refractivity contribution in [2.45, 2.75) is 49.7 Å². The summed E-state index contributed by atoms with van der Waals surface area (Å²) in [6, 6.07) is 2.47. The van der Waals surface area contributed by atoms with Crippen molar-refractivity contribution in [3.05, 3.63) is 23.9 Å². The van der Waals surface area contributed by atoms with Crippen LogP contribution in [0.2, 0.25) is 0 Å². The van der Waals surface area contributed by atoms with Crippen LogP contribution in [-0.2, 0) is 6.18 Å². The van der Waals surface area contributed by atoms with E-state index in [0.29, 0.717) is 5.82 Å². The molecule has 1 heterocycles. The second-order valence-electron chi connectivity index (χ2n) is 4.83. The van der Waals surface area contributed by atoms with Crippen molar-refractivity contribution in [2.24, 2.45) is 0 Å². The van der Waals surface area contributed by atoms with Gasteiger partial charge >= 0.3 is 6.18 Å². The minimum Gasteiger partial charge on any atom is -0.366 e. The molecule has 0 bridgehead atoms. The zero-order chi connectivity index (χ0) is 13.9. The summed E-state index contributed by atoms with van der Waals surface area (Å²) in [4.78, 5) is 3.81. The summed E-state index contributed by atoms with van der Waals surface area (Å²) >= 11 is 6.27. The quantitative estimate of drug-likeness (QED) is 0.643. The lowest BCUT2D eigenvalue weighted by Gasteiger charge is -2.21. The van der Waals surface area contributed by atoms with Crippen LogP contribution in [0.5, 0.6) is 0 Å². The first kappa shape index (κ1) is 14.4. The largest absolute Gasteiger partial charge is 0.417 e. The monoisotopic (exact) mass is 292 g/mol. The molecule has 106 valence electrons. The lowest BCUT2D eigenvalue weighted by atomic mass is 10.1. The third-order valence-electron chi connectivity index (χ3n) is 3.36. The Bertz CT molecular complexity index is 405. The number of anilines is 1. The summed E-state index contributed by atoms with van der Waals surface area (Å²) in [6.45, 7) is 0. The van der Waals surface area contributed by atoms with Crippen molar-refractivity contribution in [1.29, 1.82) is 0 Å². The molecule has 1 aromatic rings. The highest BCUT2D eigenvalue weighted by molar-refractivity contribution is 6.21. The normalized spacial score (nSPS) is 24.8. The zero-order valence-electron chi connectivity index (χ0n) is 10.4. The molecule has 0 radical (unpaired) electrons. The molecule has 19 heavy (non-hydrogen) atoms. The highest BCUT2D eigenvalue weighted by Gasteiger charge is 2.30. The van der Waals surface area contributed by atoms with Gasteiger partial charge in [0.15, 0.2) is 0 Å². The standard InChI is InChI=1S/C13H16ClF3N2/c14-10-4-2-1-3-5-11(10)19-12-7-6-9(8-18-12)13(15,16)17/h6-8,10-11H,1-5H2,(H,18,19). The van der Waals surface area contributed by atoms with Crippen molar-refractivity contribution in [3.8, 4) is 0 Å². The molecule has 1 aliphatic rings. The average Bonchev–Trinajstić information content (AvgIpc) is 2.55. The van der Waals surface area contributed by atoms with Crippen molar-refractivity contribution in [2.75, 3.05) is 5.32 Å². The van der Waals surface area contributed by atoms with Crippen molar-refractivity contribution in [3.63, 3.8) is 0 Å². The maximum atomic E-state index is 12.4. The van der Waals surface area contributed by atoms with Crippen LogP contribution in [0.25, 0.3) is 0 Å². The van der Waals surface area contributed by atoms with Gasteiger partial charge < -0.3 is 5.32 Å². The predicted octanol–water partition coefficient (Wildman–Crippen LogP) is 4.45. The van der Waals surface area contributed by atoms with Crippen molar-refractivity contribution >= 4 is 17.4 Å². The van der Waals surface area contributed by atoms with Gasteiger partial charge in [-0.3, -0.25) is 0 Å². The molecule has 1 aromatic heterocycles. The van der Waals surface area contributed by atoms with Gasteiger partial charge in [-0.1, -0.05) is 19.3 Å². The van der Waals surface area contributed by atoms with Gasteiger partial charge in [0.1, 0.15) is 5.82 Å². The summed E-state index contributed by atoms with van der Waals surface area (Å²) in [5, 5.41) is 3.14. The number of pyridine rings is 1. The van der Waals surface area contributed by atoms with Gasteiger partial charge in [0.2, 0.25) is 0 Å². The first-order chi connectivity index (χ1) is 8.97. The first-order valence-corrected chi connectivity index (χ1v) is 6.84. The fourth-order valence-corrected chi connectivity index (χ4v) is 2.61. The van der Waals surface area contributed by atoms with Gasteiger partial charge in [-0.15, -0.1) is 11.6 Å². The molecule has 1 N–H and O–H groups in total. The van der Waals surface area contributed by atoms with E-state index in [9.17, 15) is 13.2 Å². The Morgan fingerprint density at radius 2 is 1.89 bits per heavy atom. The maximum absolute atomic E-state index is 12.4. The van der Waals surface area contributed by atoms with Crippen LogP contribution < -0.4 is 5.32 Å². The number of nitrogens with zero attached hydrogens (tertiary/aromatic N) is 1. The van der Waals surface area contributed by atoms with E-state index in [4.69, 9.17) is 11.6 Å². The average molecular weight is 293 g/mol. The van der Waals surface area contributed by atoms with E-state index in [1.807, 2.05) is 0 Å². The van der Waals surface area contributed by atoms with Crippen molar-refractivity contribution in [1.82, 2.24) is 4.98 Å². The molecule has 0 aliphatic heterocycles. The summed E-state index contributed by atoms with van der Waals surface area (Å²) in [6.07, 6.45) is 1.71. The molecule has 0 spiro atoms. The molecule has 2 unspecified atom stereocenters. The number of hydrogen-bond acceptors (Lipinski definition) is 2. The molecule has 0 aromatic carbocycles. The molecule has 1 fully saturated rings. The number of aromatic nitrogens is 1. The van der Waals surface area contributed by atoms with Crippen LogP contribution in [-0.4, -0.2) is 16.4 Å². The van der Waals surface area contributed by atoms with Crippen LogP contribution in [0, 0.1) is 0 Å². The Kier molecular flexibility index (Phi) is 4.55. The number of halogens is 4. The Morgan fingerprint density at radius 1 is 1.16 bits per heavy atom. The van der Waals surface area contributed by atoms with Crippen LogP contribution in [0.3, 0.4) is 0 Å². The van der Waals surface area contributed by atoms with E-state index in [0.717, 1.165) is 44.4 Å². The number of hydrogen-bond donors (Lipinski definition) is 1. The molecular formula is C13H16ClF3N2. The van der Waals surface area contributed by atoms with E-state index in [1.165, 1.54) is 6.07 Å². The summed E-state index contributed by atoms with van der Waals surface area (Å²) in [5.41, 5.74) is -0.735. The molecule has 0 amide bonds. The molecular weight excluding hydrogens is 277 g/mol. The van der Waals surface area contributed by atoms with E-state index in [1.54, 1.807) is 0 Å². The van der Waals surface area contributed by atoms with Crippen molar-refractivity contribution < 1.29 is 13.2 Å². The van der Waals surface area contributed by atoms with E-state index in [2.05, 4.69) is 10.3 Å². The summed E-state index contributed by atoms with van der Waals surface area (Å²) in [5.74, 6) is 0.450. The van der Waals surface area contributed by atoms with Gasteiger partial charge in [-0.2, -0.15) is 13.2 Å². The van der Waals surface area contributed by atoms with Crippen LogP contribution in [0.1, 0.15) is 37.7 Å². The second kappa shape index (κ2) is 5.99. The third kappa shape index (κ3) is 4.00. The number of rotatable bonds is 2. The van der Waals surface area contributed by atoms with Crippen LogP contribution >= 0.6 is 11.6 Å². The van der Waals surface area contributed by atoms with E-state index >= 15 is 0 Å². The summed E-state index contributed by atoms with van der Waals surface area (Å²) < 4.78 is 37.2. The maximum Gasteiger partial charge on any atom is 0.417 e. The SMILES string of the molecule is FC(F)(F)c1ccc(NC2CCCCCC2Cl)nc1. The van der Waals surface area contributed by atoms with Gasteiger partial charge in [0.05, 0.1) is 10.9 Å². The highest BCUT2D eigenvalue weighted by atomic mass is 35.5. The minimum atomic E-state index is -4.34. The lowest BCUT2D eigenvalue weighted by Crippen LogP contribution is -2.29. The zero-order valence-corrected chi connectivity index (χ0v) is 11.1. The van der Waals surface area contributed by atoms with Gasteiger partial charge in [-0.25, -0.2) is 4.98 Å². The molecule has 2 atom stereocenters. The molecule has 6 heteroatoms. The molecule has 2 rings (SSSR count). The summed E-state index contributed by atoms with van der Waals surface area (Å²) in [7, 11) is 0. The topological polar surface area (TPSA) is 24.9 Å².